The lowest BCUT2D eigenvalue weighted by Gasteiger charge is -2.31. The Bertz CT molecular complexity index is 663. The van der Waals surface area contributed by atoms with Crippen LogP contribution in [-0.2, 0) is 17.7 Å². The summed E-state index contributed by atoms with van der Waals surface area (Å²) in [5.74, 6) is -0.163. The molecule has 0 radical (unpaired) electrons. The molecule has 1 fully saturated rings. The van der Waals surface area contributed by atoms with E-state index in [4.69, 9.17) is 4.74 Å². The van der Waals surface area contributed by atoms with Gasteiger partial charge in [0.2, 0.25) is 0 Å². The van der Waals surface area contributed by atoms with Gasteiger partial charge in [0.25, 0.3) is 5.91 Å². The molecule has 0 aliphatic carbocycles. The Kier molecular flexibility index (Phi) is 4.76. The van der Waals surface area contributed by atoms with Crippen molar-refractivity contribution in [3.05, 3.63) is 35.4 Å². The fourth-order valence-corrected chi connectivity index (χ4v) is 2.86. The van der Waals surface area contributed by atoms with Crippen molar-refractivity contribution in [2.45, 2.75) is 51.8 Å². The van der Waals surface area contributed by atoms with Gasteiger partial charge in [0.15, 0.2) is 0 Å². The molecule has 2 atom stereocenters. The van der Waals surface area contributed by atoms with Gasteiger partial charge in [-0.2, -0.15) is 10.2 Å². The molecule has 1 saturated heterocycles. The molecule has 0 bridgehead atoms. The average Bonchev–Trinajstić information content (AvgIpc) is 3.24. The van der Waals surface area contributed by atoms with Crippen LogP contribution >= 0.6 is 0 Å². The van der Waals surface area contributed by atoms with Crippen LogP contribution in [0.25, 0.3) is 0 Å². The SMILES string of the molecule is CCc1cc(C(=O)N[C@H]2CCCO[C@@H]2c2cnn(CC)c2)n[nH]1. The van der Waals surface area contributed by atoms with Crippen LogP contribution in [0.1, 0.15) is 54.5 Å². The second-order valence-corrected chi connectivity index (χ2v) is 5.77. The van der Waals surface area contributed by atoms with Gasteiger partial charge in [-0.1, -0.05) is 6.92 Å². The standard InChI is InChI=1S/C16H23N5O2/c1-3-12-8-14(20-19-12)16(22)18-13-6-5-7-23-15(13)11-9-17-21(4-2)10-11/h8-10,13,15H,3-7H2,1-2H3,(H,18,22)(H,19,20)/t13-,15+/m0/s1. The zero-order chi connectivity index (χ0) is 16.2. The lowest BCUT2D eigenvalue weighted by atomic mass is 9.98. The summed E-state index contributed by atoms with van der Waals surface area (Å²) >= 11 is 0. The van der Waals surface area contributed by atoms with Crippen LogP contribution < -0.4 is 5.32 Å². The van der Waals surface area contributed by atoms with E-state index in [-0.39, 0.29) is 18.1 Å². The summed E-state index contributed by atoms with van der Waals surface area (Å²) in [6.07, 6.45) is 6.30. The predicted molar refractivity (Wildman–Crippen MR) is 85.0 cm³/mol. The van der Waals surface area contributed by atoms with Crippen LogP contribution in [0.4, 0.5) is 0 Å². The minimum atomic E-state index is -0.163. The largest absolute Gasteiger partial charge is 0.371 e. The number of carbonyl (C=O) groups excluding carboxylic acids is 1. The first-order chi connectivity index (χ1) is 11.2. The third-order valence-corrected chi connectivity index (χ3v) is 4.19. The highest BCUT2D eigenvalue weighted by atomic mass is 16.5. The highest BCUT2D eigenvalue weighted by Crippen LogP contribution is 2.28. The summed E-state index contributed by atoms with van der Waals surface area (Å²) in [6, 6.07) is 1.73. The molecule has 1 aliphatic rings. The van der Waals surface area contributed by atoms with Crippen LogP contribution in [0.2, 0.25) is 0 Å². The summed E-state index contributed by atoms with van der Waals surface area (Å²) in [5, 5.41) is 14.3. The number of H-pyrrole nitrogens is 1. The third-order valence-electron chi connectivity index (χ3n) is 4.19. The number of hydrogen-bond acceptors (Lipinski definition) is 4. The molecule has 7 heteroatoms. The zero-order valence-corrected chi connectivity index (χ0v) is 13.6. The van der Waals surface area contributed by atoms with E-state index in [1.54, 1.807) is 6.07 Å². The highest BCUT2D eigenvalue weighted by molar-refractivity contribution is 5.92. The number of aryl methyl sites for hydroxylation is 2. The van der Waals surface area contributed by atoms with Gasteiger partial charge in [-0.05, 0) is 32.3 Å². The minimum Gasteiger partial charge on any atom is -0.371 e. The lowest BCUT2D eigenvalue weighted by molar-refractivity contribution is -0.00956. The Morgan fingerprint density at radius 2 is 2.39 bits per heavy atom. The van der Waals surface area contributed by atoms with Gasteiger partial charge in [0, 0.05) is 30.6 Å². The topological polar surface area (TPSA) is 84.8 Å². The summed E-state index contributed by atoms with van der Waals surface area (Å²) in [4.78, 5) is 12.4. The fourth-order valence-electron chi connectivity index (χ4n) is 2.86. The number of carbonyl (C=O) groups is 1. The molecule has 3 heterocycles. The maximum absolute atomic E-state index is 12.4. The zero-order valence-electron chi connectivity index (χ0n) is 13.6. The van der Waals surface area contributed by atoms with Crippen molar-refractivity contribution in [3.8, 4) is 0 Å². The second-order valence-electron chi connectivity index (χ2n) is 5.77. The smallest absolute Gasteiger partial charge is 0.272 e. The number of nitrogens with zero attached hydrogens (tertiary/aromatic N) is 3. The number of rotatable bonds is 5. The van der Waals surface area contributed by atoms with Gasteiger partial charge in [0.05, 0.1) is 12.2 Å². The van der Waals surface area contributed by atoms with E-state index in [0.717, 1.165) is 37.1 Å². The van der Waals surface area contributed by atoms with Gasteiger partial charge >= 0.3 is 0 Å². The van der Waals surface area contributed by atoms with Crippen molar-refractivity contribution in [3.63, 3.8) is 0 Å². The van der Waals surface area contributed by atoms with Gasteiger partial charge in [-0.3, -0.25) is 14.6 Å². The summed E-state index contributed by atoms with van der Waals surface area (Å²) in [7, 11) is 0. The van der Waals surface area contributed by atoms with Gasteiger partial charge in [0.1, 0.15) is 11.8 Å². The Morgan fingerprint density at radius 1 is 1.52 bits per heavy atom. The summed E-state index contributed by atoms with van der Waals surface area (Å²) < 4.78 is 7.77. The third kappa shape index (κ3) is 3.44. The van der Waals surface area contributed by atoms with E-state index < -0.39 is 0 Å². The van der Waals surface area contributed by atoms with Gasteiger partial charge < -0.3 is 10.1 Å². The van der Waals surface area contributed by atoms with Gasteiger partial charge in [-0.15, -0.1) is 0 Å². The van der Waals surface area contributed by atoms with Crippen molar-refractivity contribution >= 4 is 5.91 Å². The molecule has 1 amide bonds. The molecule has 0 aromatic carbocycles. The van der Waals surface area contributed by atoms with Crippen LogP contribution in [0.3, 0.4) is 0 Å². The van der Waals surface area contributed by atoms with E-state index in [1.165, 1.54) is 0 Å². The first-order valence-electron chi connectivity index (χ1n) is 8.20. The molecule has 0 saturated carbocycles. The van der Waals surface area contributed by atoms with Crippen molar-refractivity contribution in [1.82, 2.24) is 25.3 Å². The molecule has 2 aromatic rings. The summed E-state index contributed by atoms with van der Waals surface area (Å²) in [6.45, 7) is 5.58. The molecule has 3 rings (SSSR count). The quantitative estimate of drug-likeness (QED) is 0.881. The summed E-state index contributed by atoms with van der Waals surface area (Å²) in [5.41, 5.74) is 2.39. The Hall–Kier alpha value is -2.15. The van der Waals surface area contributed by atoms with Crippen molar-refractivity contribution < 1.29 is 9.53 Å². The molecular weight excluding hydrogens is 294 g/mol. The predicted octanol–water partition coefficient (Wildman–Crippen LogP) is 1.84. The Morgan fingerprint density at radius 3 is 3.09 bits per heavy atom. The van der Waals surface area contributed by atoms with E-state index in [9.17, 15) is 4.79 Å². The van der Waals surface area contributed by atoms with Crippen LogP contribution in [0.5, 0.6) is 0 Å². The monoisotopic (exact) mass is 317 g/mol. The fraction of sp³-hybridized carbons (Fsp3) is 0.562. The van der Waals surface area contributed by atoms with Crippen molar-refractivity contribution in [2.75, 3.05) is 6.61 Å². The molecule has 124 valence electrons. The van der Waals surface area contributed by atoms with E-state index in [1.807, 2.05) is 30.9 Å². The second kappa shape index (κ2) is 6.95. The van der Waals surface area contributed by atoms with Gasteiger partial charge in [-0.25, -0.2) is 0 Å². The van der Waals surface area contributed by atoms with Crippen LogP contribution in [-0.4, -0.2) is 38.5 Å². The molecule has 0 unspecified atom stereocenters. The van der Waals surface area contributed by atoms with Crippen LogP contribution in [0, 0.1) is 0 Å². The average molecular weight is 317 g/mol. The van der Waals surface area contributed by atoms with Crippen molar-refractivity contribution in [1.29, 1.82) is 0 Å². The van der Waals surface area contributed by atoms with Crippen LogP contribution in [0.15, 0.2) is 18.5 Å². The normalized spacial score (nSPS) is 21.3. The molecular formula is C16H23N5O2. The van der Waals surface area contributed by atoms with E-state index in [2.05, 4.69) is 20.6 Å². The lowest BCUT2D eigenvalue weighted by Crippen LogP contribution is -2.42. The first kappa shape index (κ1) is 15.7. The molecule has 7 nitrogen and oxygen atoms in total. The molecule has 1 aliphatic heterocycles. The molecule has 0 spiro atoms. The van der Waals surface area contributed by atoms with Crippen molar-refractivity contribution in [2.24, 2.45) is 0 Å². The first-order valence-corrected chi connectivity index (χ1v) is 8.20. The number of hydrogen-bond donors (Lipinski definition) is 2. The molecule has 2 N–H and O–H groups in total. The number of nitrogens with one attached hydrogen (secondary N) is 2. The number of amides is 1. The maximum Gasteiger partial charge on any atom is 0.272 e. The minimum absolute atomic E-state index is 0.0625. The molecule has 2 aromatic heterocycles. The number of aromatic nitrogens is 4. The van der Waals surface area contributed by atoms with E-state index >= 15 is 0 Å². The number of ether oxygens (including phenoxy) is 1. The maximum atomic E-state index is 12.4. The highest BCUT2D eigenvalue weighted by Gasteiger charge is 2.30. The number of aromatic amines is 1. The Balaban J connectivity index is 1.72. The Labute approximate surface area is 135 Å². The molecule has 23 heavy (non-hydrogen) atoms. The van der Waals surface area contributed by atoms with E-state index in [0.29, 0.717) is 12.3 Å².